The van der Waals surface area contributed by atoms with E-state index < -0.39 is 0 Å². The number of nitrogens with zero attached hydrogens (tertiary/aromatic N) is 4. The summed E-state index contributed by atoms with van der Waals surface area (Å²) in [4.78, 5) is 21.7. The van der Waals surface area contributed by atoms with E-state index in [1.165, 1.54) is 16.8 Å². The molecule has 0 radical (unpaired) electrons. The topological polar surface area (TPSA) is 60.2 Å². The number of hydrogen-bond acceptors (Lipinski definition) is 4. The molecule has 0 saturated heterocycles. The predicted octanol–water partition coefficient (Wildman–Crippen LogP) is 5.77. The molecule has 0 amide bonds. The van der Waals surface area contributed by atoms with Crippen molar-refractivity contribution < 1.29 is 4.79 Å². The molecule has 34 heavy (non-hydrogen) atoms. The van der Waals surface area contributed by atoms with E-state index in [4.69, 9.17) is 16.6 Å². The smallest absolute Gasteiger partial charge is 0.252 e. The van der Waals surface area contributed by atoms with E-state index >= 15 is 0 Å². The third-order valence-corrected chi connectivity index (χ3v) is 9.89. The summed E-state index contributed by atoms with van der Waals surface area (Å²) in [6.45, 7) is 4.78. The van der Waals surface area contributed by atoms with Crippen LogP contribution in [0.3, 0.4) is 0 Å². The Morgan fingerprint density at radius 2 is 2.00 bits per heavy atom. The average molecular weight is 471 g/mol. The van der Waals surface area contributed by atoms with E-state index in [2.05, 4.69) is 36.1 Å². The fraction of sp³-hybridized carbons (Fsp3) is 0.429. The molecule has 4 aliphatic rings. The van der Waals surface area contributed by atoms with Crippen LogP contribution in [0.5, 0.6) is 0 Å². The largest absolute Gasteiger partial charge is 0.290 e. The molecule has 2 fully saturated rings. The third kappa shape index (κ3) is 2.56. The van der Waals surface area contributed by atoms with E-state index in [1.54, 1.807) is 12.4 Å². The van der Waals surface area contributed by atoms with Gasteiger partial charge < -0.3 is 0 Å². The number of ketones is 1. The lowest BCUT2D eigenvalue weighted by molar-refractivity contribution is -0.111. The first-order valence-corrected chi connectivity index (χ1v) is 12.7. The number of carbonyl (C=O) groups excluding carboxylic acids is 1. The van der Waals surface area contributed by atoms with Gasteiger partial charge in [0.05, 0.1) is 11.4 Å². The van der Waals surface area contributed by atoms with Crippen LogP contribution >= 0.6 is 11.6 Å². The van der Waals surface area contributed by atoms with Gasteiger partial charge in [-0.3, -0.25) is 4.79 Å². The molecule has 4 aliphatic carbocycles. The zero-order valence-corrected chi connectivity index (χ0v) is 20.2. The molecular formula is C28H27ClN4O. The molecular weight excluding hydrogens is 444 g/mol. The first-order valence-electron chi connectivity index (χ1n) is 12.3. The molecule has 2 aromatic heterocycles. The third-order valence-electron chi connectivity index (χ3n) is 9.57. The highest BCUT2D eigenvalue weighted by molar-refractivity contribution is 6.33. The van der Waals surface area contributed by atoms with Gasteiger partial charge in [0.15, 0.2) is 5.78 Å². The maximum atomic E-state index is 12.1. The molecule has 5 atom stereocenters. The highest BCUT2D eigenvalue weighted by Crippen LogP contribution is 2.64. The Kier molecular flexibility index (Phi) is 4.16. The van der Waals surface area contributed by atoms with Crippen LogP contribution in [0.1, 0.15) is 50.8 Å². The van der Waals surface area contributed by atoms with Crippen molar-refractivity contribution in [1.82, 2.24) is 19.6 Å². The van der Waals surface area contributed by atoms with Crippen molar-refractivity contribution >= 4 is 23.2 Å². The quantitative estimate of drug-likeness (QED) is 0.453. The summed E-state index contributed by atoms with van der Waals surface area (Å²) in [7, 11) is 0. The average Bonchev–Trinajstić information content (AvgIpc) is 3.41. The number of hydrogen-bond donors (Lipinski definition) is 0. The second-order valence-electron chi connectivity index (χ2n) is 11.0. The lowest BCUT2D eigenvalue weighted by Crippen LogP contribution is -2.50. The van der Waals surface area contributed by atoms with Crippen LogP contribution in [0.2, 0.25) is 5.02 Å². The van der Waals surface area contributed by atoms with Gasteiger partial charge >= 0.3 is 0 Å². The minimum Gasteiger partial charge on any atom is -0.290 e. The summed E-state index contributed by atoms with van der Waals surface area (Å²) in [6, 6.07) is 8.02. The molecule has 6 heteroatoms. The number of allylic oxidation sites excluding steroid dienone is 4. The zero-order chi connectivity index (χ0) is 23.2. The minimum atomic E-state index is -0.0118. The molecule has 172 valence electrons. The number of carbonyl (C=O) groups is 1. The van der Waals surface area contributed by atoms with Crippen LogP contribution in [0, 0.1) is 23.2 Å². The van der Waals surface area contributed by atoms with E-state index in [-0.39, 0.29) is 16.6 Å². The summed E-state index contributed by atoms with van der Waals surface area (Å²) in [6.07, 6.45) is 12.9. The zero-order valence-electron chi connectivity index (χ0n) is 19.5. The van der Waals surface area contributed by atoms with E-state index in [9.17, 15) is 4.79 Å². The van der Waals surface area contributed by atoms with Crippen molar-refractivity contribution in [2.75, 3.05) is 0 Å². The highest BCUT2D eigenvalue weighted by atomic mass is 35.5. The monoisotopic (exact) mass is 470 g/mol. The second kappa shape index (κ2) is 6.88. The van der Waals surface area contributed by atoms with Gasteiger partial charge in [-0.2, -0.15) is 14.6 Å². The minimum absolute atomic E-state index is 0.00594. The van der Waals surface area contributed by atoms with Crippen LogP contribution in [0.25, 0.3) is 17.0 Å². The van der Waals surface area contributed by atoms with Crippen molar-refractivity contribution in [3.8, 4) is 11.3 Å². The summed E-state index contributed by atoms with van der Waals surface area (Å²) >= 11 is 6.71. The second-order valence-corrected chi connectivity index (χ2v) is 11.4. The SMILES string of the molecule is C[C@]12C=CC(=O)C=C1CC[C@@H]1[C@@H]2CC[C@]2(C)c3nc4ncnn4c(-c4ccccc4Cl)c3C[C@@H]12. The maximum Gasteiger partial charge on any atom is 0.252 e. The van der Waals surface area contributed by atoms with Crippen LogP contribution in [-0.2, 0) is 16.6 Å². The van der Waals surface area contributed by atoms with Gasteiger partial charge in [-0.05, 0) is 68.1 Å². The standard InChI is InChI=1S/C28H27ClN4O/c1-27-11-9-17(34)13-16(27)7-8-18-21(27)10-12-28(2)22(18)14-20-24(19-5-3-4-6-23(19)29)33-26(30-15-31-33)32-25(20)28/h3-6,9,11,13,15,18,21-22H,7-8,10,12,14H2,1-2H3/t18-,21+,22+,27+,28+/m1/s1. The summed E-state index contributed by atoms with van der Waals surface area (Å²) in [5.74, 6) is 2.44. The summed E-state index contributed by atoms with van der Waals surface area (Å²) in [5, 5.41) is 5.27. The molecule has 1 aromatic carbocycles. The molecule has 0 spiro atoms. The first-order chi connectivity index (χ1) is 16.4. The van der Waals surface area contributed by atoms with Crippen LogP contribution < -0.4 is 0 Å². The Labute approximate surface area is 204 Å². The number of aromatic nitrogens is 4. The van der Waals surface area contributed by atoms with E-state index in [0.29, 0.717) is 23.5 Å². The number of fused-ring (bicyclic) bond motifs is 8. The van der Waals surface area contributed by atoms with Crippen molar-refractivity contribution in [2.24, 2.45) is 23.2 Å². The van der Waals surface area contributed by atoms with Crippen molar-refractivity contribution in [3.63, 3.8) is 0 Å². The van der Waals surface area contributed by atoms with E-state index in [0.717, 1.165) is 48.4 Å². The first kappa shape index (κ1) is 20.6. The fourth-order valence-electron chi connectivity index (χ4n) is 7.88. The molecule has 0 N–H and O–H groups in total. The lowest BCUT2D eigenvalue weighted by atomic mass is 9.48. The van der Waals surface area contributed by atoms with Crippen LogP contribution in [0.4, 0.5) is 0 Å². The molecule has 2 heterocycles. The van der Waals surface area contributed by atoms with Gasteiger partial charge in [-0.1, -0.05) is 55.3 Å². The fourth-order valence-corrected chi connectivity index (χ4v) is 8.11. The summed E-state index contributed by atoms with van der Waals surface area (Å²) in [5.41, 5.74) is 5.83. The van der Waals surface area contributed by atoms with Gasteiger partial charge in [-0.15, -0.1) is 0 Å². The predicted molar refractivity (Wildman–Crippen MR) is 132 cm³/mol. The Morgan fingerprint density at radius 1 is 1.15 bits per heavy atom. The molecule has 0 unspecified atom stereocenters. The Hall–Kier alpha value is -2.79. The van der Waals surface area contributed by atoms with Crippen molar-refractivity contribution in [2.45, 2.75) is 51.4 Å². The van der Waals surface area contributed by atoms with Gasteiger partial charge in [-0.25, -0.2) is 4.98 Å². The number of halogens is 1. The Bertz CT molecular complexity index is 1440. The van der Waals surface area contributed by atoms with Crippen molar-refractivity contribution in [1.29, 1.82) is 0 Å². The van der Waals surface area contributed by atoms with E-state index in [1.807, 2.05) is 28.8 Å². The lowest BCUT2D eigenvalue weighted by Gasteiger charge is -2.56. The number of rotatable bonds is 1. The van der Waals surface area contributed by atoms with Gasteiger partial charge in [0.25, 0.3) is 5.78 Å². The highest BCUT2D eigenvalue weighted by Gasteiger charge is 2.58. The van der Waals surface area contributed by atoms with Gasteiger partial charge in [0.2, 0.25) is 0 Å². The molecule has 7 rings (SSSR count). The maximum absolute atomic E-state index is 12.1. The van der Waals surface area contributed by atoms with Gasteiger partial charge in [0, 0.05) is 27.0 Å². The molecule has 0 aliphatic heterocycles. The number of benzene rings is 1. The van der Waals surface area contributed by atoms with Crippen LogP contribution in [0.15, 0.2) is 54.4 Å². The molecule has 2 saturated carbocycles. The molecule has 5 nitrogen and oxygen atoms in total. The normalized spacial score (nSPS) is 33.8. The summed E-state index contributed by atoms with van der Waals surface area (Å²) < 4.78 is 1.87. The molecule has 3 aromatic rings. The Morgan fingerprint density at radius 3 is 2.85 bits per heavy atom. The van der Waals surface area contributed by atoms with Crippen molar-refractivity contribution in [3.05, 3.63) is 70.7 Å². The van der Waals surface area contributed by atoms with Crippen LogP contribution in [-0.4, -0.2) is 25.4 Å². The van der Waals surface area contributed by atoms with Gasteiger partial charge in [0.1, 0.15) is 6.33 Å². The Balaban J connectivity index is 1.39. The molecule has 0 bridgehead atoms.